The molecule has 1 fully saturated rings. The molecule has 0 bridgehead atoms. The van der Waals surface area contributed by atoms with E-state index in [9.17, 15) is 13.6 Å². The maximum Gasteiger partial charge on any atom is 0.254 e. The molecule has 1 aromatic carbocycles. The van der Waals surface area contributed by atoms with Crippen LogP contribution in [0.25, 0.3) is 0 Å². The number of carbonyl (C=O) groups excluding carboxylic acids is 1. The summed E-state index contributed by atoms with van der Waals surface area (Å²) in [5.41, 5.74) is -0.324. The molecule has 2 nitrogen and oxygen atoms in total. The third kappa shape index (κ3) is 4.07. The van der Waals surface area contributed by atoms with E-state index >= 15 is 0 Å². The van der Waals surface area contributed by atoms with Gasteiger partial charge in [0.05, 0.1) is 10.6 Å². The SMILES string of the molecule is O=C(NCC1CCCCC1CCl)c1cc(F)c(Cl)cc1F. The van der Waals surface area contributed by atoms with Crippen molar-refractivity contribution < 1.29 is 13.6 Å². The van der Waals surface area contributed by atoms with Gasteiger partial charge in [0.2, 0.25) is 0 Å². The van der Waals surface area contributed by atoms with Crippen molar-refractivity contribution in [3.63, 3.8) is 0 Å². The van der Waals surface area contributed by atoms with Gasteiger partial charge in [-0.25, -0.2) is 8.78 Å². The highest BCUT2D eigenvalue weighted by molar-refractivity contribution is 6.30. The van der Waals surface area contributed by atoms with Crippen molar-refractivity contribution in [3.8, 4) is 0 Å². The second-order valence-corrected chi connectivity index (χ2v) is 6.13. The topological polar surface area (TPSA) is 29.1 Å². The van der Waals surface area contributed by atoms with Gasteiger partial charge < -0.3 is 5.32 Å². The molecule has 1 amide bonds. The van der Waals surface area contributed by atoms with Crippen LogP contribution < -0.4 is 5.32 Å². The van der Waals surface area contributed by atoms with Crippen LogP contribution in [0.4, 0.5) is 8.78 Å². The average Bonchev–Trinajstić information content (AvgIpc) is 2.48. The molecule has 1 aromatic rings. The van der Waals surface area contributed by atoms with Crippen LogP contribution in [0.15, 0.2) is 12.1 Å². The fraction of sp³-hybridized carbons (Fsp3) is 0.533. The lowest BCUT2D eigenvalue weighted by Crippen LogP contribution is -2.35. The first kappa shape index (κ1) is 16.5. The zero-order valence-electron chi connectivity index (χ0n) is 11.5. The highest BCUT2D eigenvalue weighted by atomic mass is 35.5. The minimum absolute atomic E-state index is 0.292. The summed E-state index contributed by atoms with van der Waals surface area (Å²) in [5.74, 6) is -1.03. The van der Waals surface area contributed by atoms with Crippen molar-refractivity contribution in [1.29, 1.82) is 0 Å². The number of hydrogen-bond acceptors (Lipinski definition) is 1. The number of nitrogens with one attached hydrogen (secondary N) is 1. The minimum Gasteiger partial charge on any atom is -0.352 e. The fourth-order valence-electron chi connectivity index (χ4n) is 2.77. The molecule has 1 aliphatic carbocycles. The highest BCUT2D eigenvalue weighted by Gasteiger charge is 2.25. The minimum atomic E-state index is -0.823. The fourth-order valence-corrected chi connectivity index (χ4v) is 3.33. The molecule has 0 aromatic heterocycles. The van der Waals surface area contributed by atoms with E-state index in [1.807, 2.05) is 0 Å². The van der Waals surface area contributed by atoms with Crippen molar-refractivity contribution >= 4 is 29.1 Å². The van der Waals surface area contributed by atoms with Crippen LogP contribution in [-0.2, 0) is 0 Å². The Kier molecular flexibility index (Phi) is 5.82. The van der Waals surface area contributed by atoms with Crippen LogP contribution in [0.2, 0.25) is 5.02 Å². The van der Waals surface area contributed by atoms with Crippen molar-refractivity contribution in [2.24, 2.45) is 11.8 Å². The van der Waals surface area contributed by atoms with Crippen LogP contribution >= 0.6 is 23.2 Å². The lowest BCUT2D eigenvalue weighted by atomic mass is 9.80. The predicted molar refractivity (Wildman–Crippen MR) is 79.9 cm³/mol. The first-order valence-electron chi connectivity index (χ1n) is 7.01. The number of rotatable bonds is 4. The summed E-state index contributed by atoms with van der Waals surface area (Å²) in [6, 6.07) is 1.64. The second-order valence-electron chi connectivity index (χ2n) is 5.42. The monoisotopic (exact) mass is 335 g/mol. The van der Waals surface area contributed by atoms with E-state index in [1.54, 1.807) is 0 Å². The van der Waals surface area contributed by atoms with Gasteiger partial charge in [0, 0.05) is 12.4 Å². The van der Waals surface area contributed by atoms with Gasteiger partial charge in [-0.1, -0.05) is 24.4 Å². The Hall–Kier alpha value is -0.870. The smallest absolute Gasteiger partial charge is 0.254 e. The summed E-state index contributed by atoms with van der Waals surface area (Å²) < 4.78 is 27.0. The van der Waals surface area contributed by atoms with Gasteiger partial charge in [0.15, 0.2) is 0 Å². The zero-order chi connectivity index (χ0) is 15.4. The van der Waals surface area contributed by atoms with Crippen molar-refractivity contribution in [2.75, 3.05) is 12.4 Å². The van der Waals surface area contributed by atoms with Gasteiger partial charge in [-0.3, -0.25) is 4.79 Å². The third-order valence-corrected chi connectivity index (χ3v) is 4.73. The summed E-state index contributed by atoms with van der Waals surface area (Å²) in [7, 11) is 0. The number of benzene rings is 1. The first-order chi connectivity index (χ1) is 10.0. The van der Waals surface area contributed by atoms with Crippen LogP contribution in [0.3, 0.4) is 0 Å². The quantitative estimate of drug-likeness (QED) is 0.641. The van der Waals surface area contributed by atoms with Crippen LogP contribution in [-0.4, -0.2) is 18.3 Å². The van der Waals surface area contributed by atoms with Gasteiger partial charge in [0.25, 0.3) is 5.91 Å². The summed E-state index contributed by atoms with van der Waals surface area (Å²) in [4.78, 5) is 12.0. The van der Waals surface area contributed by atoms with E-state index < -0.39 is 17.5 Å². The Labute approximate surface area is 132 Å². The number of halogens is 4. The molecule has 0 saturated heterocycles. The molecule has 0 heterocycles. The Morgan fingerprint density at radius 2 is 1.86 bits per heavy atom. The summed E-state index contributed by atoms with van der Waals surface area (Å²) in [6.45, 7) is 0.430. The molecule has 2 rings (SSSR count). The van der Waals surface area contributed by atoms with E-state index in [4.69, 9.17) is 23.2 Å². The summed E-state index contributed by atoms with van der Waals surface area (Å²) >= 11 is 11.4. The van der Waals surface area contributed by atoms with Crippen LogP contribution in [0, 0.1) is 23.5 Å². The Morgan fingerprint density at radius 1 is 1.19 bits per heavy atom. The molecule has 1 aliphatic rings. The van der Waals surface area contributed by atoms with Gasteiger partial charge in [-0.15, -0.1) is 11.6 Å². The third-order valence-electron chi connectivity index (χ3n) is 4.04. The number of hydrogen-bond donors (Lipinski definition) is 1. The molecule has 21 heavy (non-hydrogen) atoms. The molecular weight excluding hydrogens is 319 g/mol. The standard InChI is InChI=1S/C15H17Cl2F2NO/c16-7-9-3-1-2-4-10(9)8-20-15(21)11-5-14(19)12(17)6-13(11)18/h5-6,9-10H,1-4,7-8H2,(H,20,21). The van der Waals surface area contributed by atoms with E-state index in [1.165, 1.54) is 0 Å². The molecular formula is C15H17Cl2F2NO. The van der Waals surface area contributed by atoms with Gasteiger partial charge in [-0.2, -0.15) is 0 Å². The van der Waals surface area contributed by atoms with Gasteiger partial charge in [-0.05, 0) is 36.8 Å². The highest BCUT2D eigenvalue weighted by Crippen LogP contribution is 2.30. The normalized spacial score (nSPS) is 22.1. The first-order valence-corrected chi connectivity index (χ1v) is 7.93. The maximum absolute atomic E-state index is 13.7. The largest absolute Gasteiger partial charge is 0.352 e. The maximum atomic E-state index is 13.7. The summed E-state index contributed by atoms with van der Waals surface area (Å²) in [5, 5.41) is 2.34. The number of alkyl halides is 1. The molecule has 0 aliphatic heterocycles. The molecule has 1 saturated carbocycles. The molecule has 6 heteroatoms. The van der Waals surface area contributed by atoms with Crippen LogP contribution in [0.5, 0.6) is 0 Å². The van der Waals surface area contributed by atoms with Crippen LogP contribution in [0.1, 0.15) is 36.0 Å². The molecule has 2 unspecified atom stereocenters. The van der Waals surface area contributed by atoms with Gasteiger partial charge in [0.1, 0.15) is 11.6 Å². The van der Waals surface area contributed by atoms with Gasteiger partial charge >= 0.3 is 0 Å². The Bertz CT molecular complexity index is 525. The molecule has 116 valence electrons. The van der Waals surface area contributed by atoms with E-state index in [0.29, 0.717) is 24.3 Å². The van der Waals surface area contributed by atoms with E-state index in [0.717, 1.165) is 37.8 Å². The lowest BCUT2D eigenvalue weighted by Gasteiger charge is -2.30. The Morgan fingerprint density at radius 3 is 2.52 bits per heavy atom. The van der Waals surface area contributed by atoms with Crippen molar-refractivity contribution in [1.82, 2.24) is 5.32 Å². The molecule has 2 atom stereocenters. The number of amides is 1. The lowest BCUT2D eigenvalue weighted by molar-refractivity contribution is 0.0932. The predicted octanol–water partition coefficient (Wildman–Crippen LogP) is 4.39. The van der Waals surface area contributed by atoms with Crippen molar-refractivity contribution in [3.05, 3.63) is 34.4 Å². The van der Waals surface area contributed by atoms with Crippen molar-refractivity contribution in [2.45, 2.75) is 25.7 Å². The summed E-state index contributed by atoms with van der Waals surface area (Å²) in [6.07, 6.45) is 4.31. The molecule has 0 radical (unpaired) electrons. The molecule has 1 N–H and O–H groups in total. The second kappa shape index (κ2) is 7.41. The number of carbonyl (C=O) groups is 1. The Balaban J connectivity index is 2.00. The van der Waals surface area contributed by atoms with E-state index in [2.05, 4.69) is 5.32 Å². The van der Waals surface area contributed by atoms with E-state index in [-0.39, 0.29) is 10.6 Å². The average molecular weight is 336 g/mol. The molecule has 0 spiro atoms. The zero-order valence-corrected chi connectivity index (χ0v) is 13.0.